The van der Waals surface area contributed by atoms with Crippen LogP contribution in [0.3, 0.4) is 0 Å². The number of ether oxygens (including phenoxy) is 2. The molecule has 2 atom stereocenters. The van der Waals surface area contributed by atoms with Crippen LogP contribution in [0.15, 0.2) is 54.6 Å². The van der Waals surface area contributed by atoms with Crippen LogP contribution < -0.4 is 0 Å². The highest BCUT2D eigenvalue weighted by molar-refractivity contribution is 6.30. The van der Waals surface area contributed by atoms with E-state index in [1.165, 1.54) is 9.80 Å². The fourth-order valence-corrected chi connectivity index (χ4v) is 4.15. The van der Waals surface area contributed by atoms with Crippen LogP contribution in [0.5, 0.6) is 0 Å². The molecule has 0 spiro atoms. The molecule has 2 aromatic carbocycles. The van der Waals surface area contributed by atoms with E-state index < -0.39 is 35.6 Å². The molecule has 1 heterocycles. The summed E-state index contributed by atoms with van der Waals surface area (Å²) in [5.41, 5.74) is 1.00. The number of halogens is 1. The molecule has 1 saturated heterocycles. The molecule has 0 saturated carbocycles. The van der Waals surface area contributed by atoms with Crippen molar-refractivity contribution in [3.63, 3.8) is 0 Å². The number of carbonyl (C=O) groups excluding carboxylic acids is 3. The highest BCUT2D eigenvalue weighted by atomic mass is 35.5. The number of nitrogens with zero attached hydrogens (tertiary/aromatic N) is 2. The molecule has 1 aliphatic rings. The van der Waals surface area contributed by atoms with Crippen molar-refractivity contribution in [3.05, 3.63) is 70.7 Å². The first-order chi connectivity index (χ1) is 16.5. The molecule has 35 heavy (non-hydrogen) atoms. The molecule has 0 N–H and O–H groups in total. The lowest BCUT2D eigenvalue weighted by atomic mass is 9.93. The van der Waals surface area contributed by atoms with E-state index in [9.17, 15) is 14.4 Å². The Morgan fingerprint density at radius 3 is 2.31 bits per heavy atom. The normalized spacial score (nSPS) is 16.7. The molecule has 0 unspecified atom stereocenters. The van der Waals surface area contributed by atoms with Gasteiger partial charge in [0.15, 0.2) is 0 Å². The van der Waals surface area contributed by atoms with E-state index in [2.05, 4.69) is 0 Å². The quantitative estimate of drug-likeness (QED) is 0.490. The molecule has 8 heteroatoms. The SMILES string of the molecule is CC(C)OC(=O)N(C[C@H](C(=O)N1C(=O)OC[C@@H]1Cc1ccccc1)c1ccc(Cl)cc1)C(C)(C)C. The van der Waals surface area contributed by atoms with Crippen molar-refractivity contribution in [2.24, 2.45) is 0 Å². The summed E-state index contributed by atoms with van der Waals surface area (Å²) in [4.78, 5) is 42.4. The van der Waals surface area contributed by atoms with Crippen molar-refractivity contribution in [2.45, 2.75) is 64.6 Å². The number of amides is 3. The monoisotopic (exact) mass is 500 g/mol. The Balaban J connectivity index is 1.96. The largest absolute Gasteiger partial charge is 0.447 e. The molecule has 2 aromatic rings. The summed E-state index contributed by atoms with van der Waals surface area (Å²) in [6.07, 6.45) is -1.05. The van der Waals surface area contributed by atoms with Crippen molar-refractivity contribution in [1.82, 2.24) is 9.80 Å². The van der Waals surface area contributed by atoms with Crippen molar-refractivity contribution in [1.29, 1.82) is 0 Å². The third kappa shape index (κ3) is 6.75. The van der Waals surface area contributed by atoms with Gasteiger partial charge in [0.25, 0.3) is 0 Å². The number of hydrogen-bond acceptors (Lipinski definition) is 5. The first-order valence-corrected chi connectivity index (χ1v) is 12.1. The van der Waals surface area contributed by atoms with Gasteiger partial charge in [0, 0.05) is 17.1 Å². The van der Waals surface area contributed by atoms with Crippen LogP contribution in [0.2, 0.25) is 5.02 Å². The van der Waals surface area contributed by atoms with Gasteiger partial charge in [0.2, 0.25) is 5.91 Å². The fraction of sp³-hybridized carbons (Fsp3) is 0.444. The highest BCUT2D eigenvalue weighted by Gasteiger charge is 2.43. The Morgan fingerprint density at radius 2 is 1.74 bits per heavy atom. The van der Waals surface area contributed by atoms with E-state index in [-0.39, 0.29) is 19.3 Å². The summed E-state index contributed by atoms with van der Waals surface area (Å²) in [7, 11) is 0. The average Bonchev–Trinajstić information content (AvgIpc) is 3.14. The lowest BCUT2D eigenvalue weighted by Crippen LogP contribution is -2.51. The molecule has 188 valence electrons. The number of cyclic esters (lactones) is 1. The minimum absolute atomic E-state index is 0.0252. The second-order valence-electron chi connectivity index (χ2n) is 9.95. The van der Waals surface area contributed by atoms with Gasteiger partial charge in [-0.15, -0.1) is 0 Å². The minimum atomic E-state index is -0.824. The topological polar surface area (TPSA) is 76.2 Å². The maximum absolute atomic E-state index is 14.0. The van der Waals surface area contributed by atoms with Gasteiger partial charge in [-0.2, -0.15) is 0 Å². The van der Waals surface area contributed by atoms with E-state index >= 15 is 0 Å². The lowest BCUT2D eigenvalue weighted by Gasteiger charge is -2.38. The second-order valence-corrected chi connectivity index (χ2v) is 10.4. The average molecular weight is 501 g/mol. The Bertz CT molecular complexity index is 1030. The summed E-state index contributed by atoms with van der Waals surface area (Å²) in [5, 5.41) is 0.523. The van der Waals surface area contributed by atoms with E-state index in [0.29, 0.717) is 17.0 Å². The van der Waals surface area contributed by atoms with E-state index in [0.717, 1.165) is 5.56 Å². The van der Waals surface area contributed by atoms with Gasteiger partial charge in [0.1, 0.15) is 6.61 Å². The zero-order chi connectivity index (χ0) is 25.8. The molecule has 0 radical (unpaired) electrons. The van der Waals surface area contributed by atoms with E-state index in [1.54, 1.807) is 38.1 Å². The van der Waals surface area contributed by atoms with Crippen molar-refractivity contribution >= 4 is 29.7 Å². The third-order valence-corrected chi connectivity index (χ3v) is 6.07. The molecule has 0 bridgehead atoms. The summed E-state index contributed by atoms with van der Waals surface area (Å²) in [6.45, 7) is 9.31. The molecule has 3 amide bonds. The molecular weight excluding hydrogens is 468 g/mol. The molecular formula is C27H33ClN2O5. The van der Waals surface area contributed by atoms with Gasteiger partial charge >= 0.3 is 12.2 Å². The maximum atomic E-state index is 14.0. The van der Waals surface area contributed by atoms with Gasteiger partial charge < -0.3 is 14.4 Å². The number of hydrogen-bond donors (Lipinski definition) is 0. The standard InChI is InChI=1S/C27H33ClN2O5/c1-18(2)35-25(32)29(27(3,4)5)16-23(20-11-13-21(28)14-12-20)24(31)30-22(17-34-26(30)33)15-19-9-7-6-8-10-19/h6-14,18,22-23H,15-17H2,1-5H3/t22-,23-/m0/s1. The van der Waals surface area contributed by atoms with Crippen LogP contribution in [0, 0.1) is 0 Å². The second kappa shape index (κ2) is 11.1. The van der Waals surface area contributed by atoms with Crippen molar-refractivity contribution < 1.29 is 23.9 Å². The van der Waals surface area contributed by atoms with E-state index in [4.69, 9.17) is 21.1 Å². The highest BCUT2D eigenvalue weighted by Crippen LogP contribution is 2.29. The summed E-state index contributed by atoms with van der Waals surface area (Å²) in [6, 6.07) is 16.1. The first-order valence-electron chi connectivity index (χ1n) is 11.7. The smallest absolute Gasteiger partial charge is 0.417 e. The summed E-state index contributed by atoms with van der Waals surface area (Å²) < 4.78 is 10.8. The number of imide groups is 1. The Hall–Kier alpha value is -3.06. The van der Waals surface area contributed by atoms with Gasteiger partial charge in [-0.05, 0) is 64.3 Å². The molecule has 0 aliphatic carbocycles. The third-order valence-electron chi connectivity index (χ3n) is 5.81. The van der Waals surface area contributed by atoms with Crippen LogP contribution in [0.1, 0.15) is 51.7 Å². The Kier molecular flexibility index (Phi) is 8.43. The predicted molar refractivity (Wildman–Crippen MR) is 134 cm³/mol. The van der Waals surface area contributed by atoms with Crippen molar-refractivity contribution in [3.8, 4) is 0 Å². The van der Waals surface area contributed by atoms with Crippen LogP contribution in [0.25, 0.3) is 0 Å². The Morgan fingerprint density at radius 1 is 1.11 bits per heavy atom. The van der Waals surface area contributed by atoms with E-state index in [1.807, 2.05) is 51.1 Å². The Labute approximate surface area is 211 Å². The maximum Gasteiger partial charge on any atom is 0.417 e. The van der Waals surface area contributed by atoms with Gasteiger partial charge in [-0.25, -0.2) is 14.5 Å². The van der Waals surface area contributed by atoms with Gasteiger partial charge in [0.05, 0.1) is 18.1 Å². The first kappa shape index (κ1) is 26.5. The number of carbonyl (C=O) groups is 3. The molecule has 1 aliphatic heterocycles. The molecule has 3 rings (SSSR count). The van der Waals surface area contributed by atoms with Gasteiger partial charge in [-0.1, -0.05) is 54.1 Å². The number of rotatable bonds is 7. The van der Waals surface area contributed by atoms with Crippen molar-refractivity contribution in [2.75, 3.05) is 13.2 Å². The van der Waals surface area contributed by atoms with Crippen LogP contribution in [-0.2, 0) is 20.7 Å². The summed E-state index contributed by atoms with van der Waals surface area (Å²) in [5.74, 6) is -1.25. The summed E-state index contributed by atoms with van der Waals surface area (Å²) >= 11 is 6.09. The van der Waals surface area contributed by atoms with Crippen LogP contribution in [0.4, 0.5) is 9.59 Å². The zero-order valence-corrected chi connectivity index (χ0v) is 21.6. The number of benzene rings is 2. The van der Waals surface area contributed by atoms with Gasteiger partial charge in [-0.3, -0.25) is 4.79 Å². The lowest BCUT2D eigenvalue weighted by molar-refractivity contribution is -0.131. The predicted octanol–water partition coefficient (Wildman–Crippen LogP) is 5.66. The van der Waals surface area contributed by atoms with Crippen LogP contribution in [-0.4, -0.2) is 58.7 Å². The zero-order valence-electron chi connectivity index (χ0n) is 20.9. The molecule has 7 nitrogen and oxygen atoms in total. The fourth-order valence-electron chi connectivity index (χ4n) is 4.03. The molecule has 1 fully saturated rings. The molecule has 0 aromatic heterocycles. The minimum Gasteiger partial charge on any atom is -0.447 e. The van der Waals surface area contributed by atoms with Crippen LogP contribution >= 0.6 is 11.6 Å².